The SMILES string of the molecule is COc1ccc(NC(=O)Cn2ccn(-c3cc(C)cc(C)c3)c(=O)c2=O)cc1Cl. The lowest BCUT2D eigenvalue weighted by Gasteiger charge is -2.11. The van der Waals surface area contributed by atoms with Gasteiger partial charge >= 0.3 is 11.1 Å². The Bertz CT molecular complexity index is 1180. The number of nitrogens with zero attached hydrogens (tertiary/aromatic N) is 2. The van der Waals surface area contributed by atoms with Crippen molar-refractivity contribution in [1.82, 2.24) is 9.13 Å². The average molecular weight is 414 g/mol. The molecule has 29 heavy (non-hydrogen) atoms. The van der Waals surface area contributed by atoms with Gasteiger partial charge in [0.2, 0.25) is 5.91 Å². The van der Waals surface area contributed by atoms with Crippen molar-refractivity contribution in [3.63, 3.8) is 0 Å². The minimum absolute atomic E-state index is 0.300. The summed E-state index contributed by atoms with van der Waals surface area (Å²) in [6.45, 7) is 3.53. The number of aromatic nitrogens is 2. The second-order valence-electron chi connectivity index (χ2n) is 6.65. The van der Waals surface area contributed by atoms with Crippen molar-refractivity contribution < 1.29 is 9.53 Å². The highest BCUT2D eigenvalue weighted by atomic mass is 35.5. The number of benzene rings is 2. The van der Waals surface area contributed by atoms with Crippen LogP contribution in [-0.2, 0) is 11.3 Å². The fraction of sp³-hybridized carbons (Fsp3) is 0.190. The number of hydrogen-bond acceptors (Lipinski definition) is 4. The van der Waals surface area contributed by atoms with Crippen LogP contribution in [0.25, 0.3) is 5.69 Å². The summed E-state index contributed by atoms with van der Waals surface area (Å²) in [5, 5.41) is 2.99. The molecular weight excluding hydrogens is 394 g/mol. The molecule has 0 aliphatic carbocycles. The number of amides is 1. The van der Waals surface area contributed by atoms with E-state index in [2.05, 4.69) is 5.32 Å². The van der Waals surface area contributed by atoms with Gasteiger partial charge in [0.05, 0.1) is 12.1 Å². The molecule has 8 heteroatoms. The lowest BCUT2D eigenvalue weighted by molar-refractivity contribution is -0.116. The predicted molar refractivity (Wildman–Crippen MR) is 112 cm³/mol. The van der Waals surface area contributed by atoms with E-state index < -0.39 is 17.0 Å². The Kier molecular flexibility index (Phi) is 5.89. The summed E-state index contributed by atoms with van der Waals surface area (Å²) in [5.74, 6) is 0.0211. The van der Waals surface area contributed by atoms with Crippen molar-refractivity contribution in [3.05, 3.63) is 85.6 Å². The number of aryl methyl sites for hydroxylation is 2. The number of anilines is 1. The summed E-state index contributed by atoms with van der Waals surface area (Å²) in [7, 11) is 1.49. The van der Waals surface area contributed by atoms with Crippen LogP contribution >= 0.6 is 11.6 Å². The third-order valence-corrected chi connectivity index (χ3v) is 4.59. The van der Waals surface area contributed by atoms with E-state index in [0.29, 0.717) is 22.1 Å². The predicted octanol–water partition coefficient (Wildman–Crippen LogP) is 2.92. The largest absolute Gasteiger partial charge is 0.495 e. The van der Waals surface area contributed by atoms with E-state index >= 15 is 0 Å². The molecule has 7 nitrogen and oxygen atoms in total. The molecule has 0 saturated carbocycles. The highest BCUT2D eigenvalue weighted by Gasteiger charge is 2.11. The zero-order chi connectivity index (χ0) is 21.1. The van der Waals surface area contributed by atoms with Gasteiger partial charge in [-0.25, -0.2) is 0 Å². The first-order valence-electron chi connectivity index (χ1n) is 8.82. The molecule has 0 aliphatic rings. The topological polar surface area (TPSA) is 82.3 Å². The van der Waals surface area contributed by atoms with Gasteiger partial charge in [0.1, 0.15) is 12.3 Å². The lowest BCUT2D eigenvalue weighted by atomic mass is 10.1. The normalized spacial score (nSPS) is 10.6. The first kappa shape index (κ1) is 20.4. The molecule has 2 aromatic carbocycles. The van der Waals surface area contributed by atoms with E-state index in [1.165, 1.54) is 24.1 Å². The Morgan fingerprint density at radius 2 is 1.72 bits per heavy atom. The molecule has 0 saturated heterocycles. The summed E-state index contributed by atoms with van der Waals surface area (Å²) in [4.78, 5) is 37.3. The molecule has 150 valence electrons. The fourth-order valence-electron chi connectivity index (χ4n) is 3.03. The molecular formula is C21H20ClN3O4. The van der Waals surface area contributed by atoms with Crippen LogP contribution in [-0.4, -0.2) is 22.2 Å². The summed E-state index contributed by atoms with van der Waals surface area (Å²) in [5.41, 5.74) is 1.51. The van der Waals surface area contributed by atoms with Crippen molar-refractivity contribution in [3.8, 4) is 11.4 Å². The van der Waals surface area contributed by atoms with E-state index in [4.69, 9.17) is 16.3 Å². The molecule has 0 bridgehead atoms. The Labute approximate surface area is 172 Å². The molecule has 3 rings (SSSR count). The maximum atomic E-state index is 12.5. The Morgan fingerprint density at radius 3 is 2.34 bits per heavy atom. The second-order valence-corrected chi connectivity index (χ2v) is 7.06. The van der Waals surface area contributed by atoms with Gasteiger partial charge in [0.15, 0.2) is 0 Å². The Balaban J connectivity index is 1.82. The highest BCUT2D eigenvalue weighted by Crippen LogP contribution is 2.27. The maximum Gasteiger partial charge on any atom is 0.320 e. The van der Waals surface area contributed by atoms with Crippen LogP contribution in [0.5, 0.6) is 5.75 Å². The Morgan fingerprint density at radius 1 is 1.03 bits per heavy atom. The van der Waals surface area contributed by atoms with Gasteiger partial charge in [-0.15, -0.1) is 0 Å². The monoisotopic (exact) mass is 413 g/mol. The maximum absolute atomic E-state index is 12.5. The van der Waals surface area contributed by atoms with E-state index in [1.54, 1.807) is 18.2 Å². The zero-order valence-electron chi connectivity index (χ0n) is 16.2. The summed E-state index contributed by atoms with van der Waals surface area (Å²) in [6.07, 6.45) is 2.90. The van der Waals surface area contributed by atoms with Gasteiger partial charge in [-0.2, -0.15) is 0 Å². The van der Waals surface area contributed by atoms with Gasteiger partial charge in [-0.1, -0.05) is 17.7 Å². The second kappa shape index (κ2) is 8.36. The zero-order valence-corrected chi connectivity index (χ0v) is 17.0. The van der Waals surface area contributed by atoms with Crippen LogP contribution in [0.3, 0.4) is 0 Å². The van der Waals surface area contributed by atoms with E-state index in [0.717, 1.165) is 15.7 Å². The van der Waals surface area contributed by atoms with Crippen molar-refractivity contribution in [2.75, 3.05) is 12.4 Å². The number of carbonyl (C=O) groups is 1. The fourth-order valence-corrected chi connectivity index (χ4v) is 3.28. The van der Waals surface area contributed by atoms with Crippen molar-refractivity contribution in [1.29, 1.82) is 0 Å². The number of hydrogen-bond donors (Lipinski definition) is 1. The molecule has 1 N–H and O–H groups in total. The third kappa shape index (κ3) is 4.57. The quantitative estimate of drug-likeness (QED) is 0.652. The van der Waals surface area contributed by atoms with Crippen LogP contribution in [0.1, 0.15) is 11.1 Å². The summed E-state index contributed by atoms with van der Waals surface area (Å²) in [6, 6.07) is 10.4. The summed E-state index contributed by atoms with van der Waals surface area (Å²) >= 11 is 6.04. The molecule has 1 heterocycles. The van der Waals surface area contributed by atoms with Gasteiger partial charge in [-0.3, -0.25) is 23.5 Å². The number of ether oxygens (including phenoxy) is 1. The third-order valence-electron chi connectivity index (χ3n) is 4.29. The number of halogens is 1. The standard InChI is InChI=1S/C21H20ClN3O4/c1-13-8-14(2)10-16(9-13)25-7-6-24(20(27)21(25)28)12-19(26)23-15-4-5-18(29-3)17(22)11-15/h4-11H,12H2,1-3H3,(H,23,26). The molecule has 0 fully saturated rings. The van der Waals surface area contributed by atoms with E-state index in [-0.39, 0.29) is 6.54 Å². The molecule has 3 aromatic rings. The molecule has 0 atom stereocenters. The van der Waals surface area contributed by atoms with Crippen LogP contribution in [0.4, 0.5) is 5.69 Å². The van der Waals surface area contributed by atoms with Crippen LogP contribution < -0.4 is 21.2 Å². The minimum Gasteiger partial charge on any atom is -0.495 e. The van der Waals surface area contributed by atoms with Crippen LogP contribution in [0, 0.1) is 13.8 Å². The Hall–Kier alpha value is -3.32. The molecule has 0 spiro atoms. The lowest BCUT2D eigenvalue weighted by Crippen LogP contribution is -2.41. The molecule has 0 aliphatic heterocycles. The van der Waals surface area contributed by atoms with Crippen molar-refractivity contribution >= 4 is 23.2 Å². The minimum atomic E-state index is -0.783. The smallest absolute Gasteiger partial charge is 0.320 e. The van der Waals surface area contributed by atoms with Gasteiger partial charge in [0.25, 0.3) is 0 Å². The van der Waals surface area contributed by atoms with E-state index in [9.17, 15) is 14.4 Å². The molecule has 1 aromatic heterocycles. The highest BCUT2D eigenvalue weighted by molar-refractivity contribution is 6.32. The number of methoxy groups -OCH3 is 1. The first-order valence-corrected chi connectivity index (χ1v) is 9.20. The van der Waals surface area contributed by atoms with Gasteiger partial charge in [-0.05, 0) is 55.3 Å². The van der Waals surface area contributed by atoms with Crippen molar-refractivity contribution in [2.24, 2.45) is 0 Å². The van der Waals surface area contributed by atoms with Gasteiger partial charge < -0.3 is 10.1 Å². The van der Waals surface area contributed by atoms with E-state index in [1.807, 2.05) is 32.0 Å². The molecule has 0 radical (unpaired) electrons. The average Bonchev–Trinajstić information content (AvgIpc) is 2.65. The van der Waals surface area contributed by atoms with Crippen molar-refractivity contribution in [2.45, 2.75) is 20.4 Å². The number of carbonyl (C=O) groups excluding carboxylic acids is 1. The van der Waals surface area contributed by atoms with Crippen LogP contribution in [0.2, 0.25) is 5.02 Å². The van der Waals surface area contributed by atoms with Gasteiger partial charge in [0, 0.05) is 23.8 Å². The van der Waals surface area contributed by atoms with Crippen LogP contribution in [0.15, 0.2) is 58.4 Å². The number of nitrogens with one attached hydrogen (secondary N) is 1. The molecule has 0 unspecified atom stereocenters. The first-order chi connectivity index (χ1) is 13.8. The number of rotatable bonds is 5. The summed E-state index contributed by atoms with van der Waals surface area (Å²) < 4.78 is 7.41. The molecule has 1 amide bonds.